The second-order valence-electron chi connectivity index (χ2n) is 8.61. The average molecular weight is 456 g/mol. The number of H-pyrrole nitrogens is 1. The molecule has 6 nitrogen and oxygen atoms in total. The van der Waals surface area contributed by atoms with Crippen LogP contribution in [0.2, 0.25) is 0 Å². The number of fused-ring (bicyclic) bond motifs is 4. The lowest BCUT2D eigenvalue weighted by molar-refractivity contribution is 0.281. The number of nitrogens with zero attached hydrogens (tertiary/aromatic N) is 3. The third kappa shape index (κ3) is 3.87. The molecule has 1 aromatic carbocycles. The first kappa shape index (κ1) is 20.3. The Morgan fingerprint density at radius 1 is 1.06 bits per heavy atom. The minimum atomic E-state index is -0.145. The molecule has 6 rings (SSSR count). The maximum absolute atomic E-state index is 6.52. The fraction of sp³-hybridized carbons (Fsp3) is 0.269. The van der Waals surface area contributed by atoms with Crippen LogP contribution in [0.15, 0.2) is 55.0 Å². The Balaban J connectivity index is 1.31. The van der Waals surface area contributed by atoms with Gasteiger partial charge in [-0.2, -0.15) is 4.98 Å². The quantitative estimate of drug-likeness (QED) is 0.373. The summed E-state index contributed by atoms with van der Waals surface area (Å²) in [4.78, 5) is 19.6. The molecule has 0 spiro atoms. The molecule has 0 amide bonds. The summed E-state index contributed by atoms with van der Waals surface area (Å²) in [5, 5.41) is 2.29. The molecule has 0 saturated heterocycles. The number of pyridine rings is 1. The van der Waals surface area contributed by atoms with Gasteiger partial charge in [0, 0.05) is 46.0 Å². The van der Waals surface area contributed by atoms with Gasteiger partial charge in [0.2, 0.25) is 5.88 Å². The summed E-state index contributed by atoms with van der Waals surface area (Å²) in [7, 11) is 0. The Morgan fingerprint density at radius 2 is 1.91 bits per heavy atom. The van der Waals surface area contributed by atoms with Crippen molar-refractivity contribution < 1.29 is 4.74 Å². The summed E-state index contributed by atoms with van der Waals surface area (Å²) in [6, 6.07) is 12.0. The summed E-state index contributed by atoms with van der Waals surface area (Å²) >= 11 is 1.78. The van der Waals surface area contributed by atoms with Crippen molar-refractivity contribution >= 4 is 32.5 Å². The van der Waals surface area contributed by atoms with Crippen molar-refractivity contribution in [2.75, 3.05) is 6.61 Å². The number of ether oxygens (including phenoxy) is 1. The van der Waals surface area contributed by atoms with Crippen LogP contribution in [0.1, 0.15) is 28.8 Å². The molecule has 0 saturated carbocycles. The van der Waals surface area contributed by atoms with Crippen molar-refractivity contribution in [3.8, 4) is 17.3 Å². The van der Waals surface area contributed by atoms with Gasteiger partial charge in [-0.1, -0.05) is 18.2 Å². The second kappa shape index (κ2) is 8.57. The van der Waals surface area contributed by atoms with Crippen LogP contribution in [0.5, 0.6) is 5.88 Å². The lowest BCUT2D eigenvalue weighted by Gasteiger charge is -2.15. The van der Waals surface area contributed by atoms with E-state index in [1.54, 1.807) is 23.7 Å². The van der Waals surface area contributed by atoms with Crippen molar-refractivity contribution in [3.05, 3.63) is 71.0 Å². The van der Waals surface area contributed by atoms with E-state index < -0.39 is 0 Å². The first-order valence-electron chi connectivity index (χ1n) is 11.4. The number of nitrogens with one attached hydrogen (secondary N) is 1. The van der Waals surface area contributed by atoms with Gasteiger partial charge in [-0.25, -0.2) is 4.98 Å². The zero-order chi connectivity index (χ0) is 22.2. The normalized spacial score (nSPS) is 14.5. The first-order chi connectivity index (χ1) is 16.3. The largest absolute Gasteiger partial charge is 0.475 e. The number of rotatable bonds is 6. The molecule has 1 atom stereocenters. The van der Waals surface area contributed by atoms with Gasteiger partial charge in [0.15, 0.2) is 5.82 Å². The van der Waals surface area contributed by atoms with E-state index in [-0.39, 0.29) is 6.04 Å². The molecule has 7 heteroatoms. The number of aryl methyl sites for hydroxylation is 2. The van der Waals surface area contributed by atoms with E-state index >= 15 is 0 Å². The number of benzene rings is 1. The molecule has 3 N–H and O–H groups in total. The number of hydrogen-bond donors (Lipinski definition) is 2. The van der Waals surface area contributed by atoms with E-state index in [1.165, 1.54) is 34.2 Å². The fourth-order valence-electron chi connectivity index (χ4n) is 4.69. The van der Waals surface area contributed by atoms with E-state index in [4.69, 9.17) is 20.4 Å². The number of aromatic amines is 1. The Bertz CT molecular complexity index is 1430. The Kier molecular flexibility index (Phi) is 5.28. The van der Waals surface area contributed by atoms with Crippen LogP contribution < -0.4 is 10.5 Å². The standard InChI is InChI=1S/C26H25N5OS/c27-18(13-17-14-29-21-7-3-1-5-19(17)21)15-32-25-23-20-6-2-4-8-22(20)33-26(23)31-24(30-25)16-9-11-28-12-10-16/h1,3,5,7,9-12,14,18,29H,2,4,6,8,13,15,27H2. The van der Waals surface area contributed by atoms with Gasteiger partial charge in [0.05, 0.1) is 5.39 Å². The molecule has 4 heterocycles. The van der Waals surface area contributed by atoms with E-state index in [0.717, 1.165) is 40.6 Å². The lowest BCUT2D eigenvalue weighted by atomic mass is 9.97. The molecular weight excluding hydrogens is 430 g/mol. The predicted octanol–water partition coefficient (Wildman–Crippen LogP) is 5.06. The summed E-state index contributed by atoms with van der Waals surface area (Å²) in [5.41, 5.74) is 11.2. The molecule has 0 fully saturated rings. The van der Waals surface area contributed by atoms with Gasteiger partial charge in [-0.3, -0.25) is 4.98 Å². The van der Waals surface area contributed by atoms with E-state index in [0.29, 0.717) is 18.3 Å². The van der Waals surface area contributed by atoms with Crippen LogP contribution in [-0.2, 0) is 19.3 Å². The first-order valence-corrected chi connectivity index (χ1v) is 12.2. The maximum Gasteiger partial charge on any atom is 0.226 e. The van der Waals surface area contributed by atoms with Crippen LogP contribution in [0, 0.1) is 0 Å². The van der Waals surface area contributed by atoms with Gasteiger partial charge >= 0.3 is 0 Å². The highest BCUT2D eigenvalue weighted by atomic mass is 32.1. The third-order valence-corrected chi connectivity index (χ3v) is 7.50. The number of thiophene rings is 1. The summed E-state index contributed by atoms with van der Waals surface area (Å²) < 4.78 is 6.33. The molecule has 0 radical (unpaired) electrons. The van der Waals surface area contributed by atoms with Crippen molar-refractivity contribution in [2.24, 2.45) is 5.73 Å². The number of para-hydroxylation sites is 1. The minimum Gasteiger partial charge on any atom is -0.475 e. The molecule has 4 aromatic heterocycles. The van der Waals surface area contributed by atoms with Crippen LogP contribution in [-0.4, -0.2) is 32.6 Å². The number of nitrogens with two attached hydrogens (primary N) is 1. The highest BCUT2D eigenvalue weighted by Crippen LogP contribution is 2.40. The van der Waals surface area contributed by atoms with Crippen molar-refractivity contribution in [1.82, 2.24) is 19.9 Å². The molecule has 1 unspecified atom stereocenters. The molecule has 0 bridgehead atoms. The van der Waals surface area contributed by atoms with E-state index in [9.17, 15) is 0 Å². The van der Waals surface area contributed by atoms with Gasteiger partial charge in [0.1, 0.15) is 11.4 Å². The summed E-state index contributed by atoms with van der Waals surface area (Å²) in [5.74, 6) is 1.32. The zero-order valence-electron chi connectivity index (χ0n) is 18.3. The van der Waals surface area contributed by atoms with Crippen LogP contribution in [0.4, 0.5) is 0 Å². The maximum atomic E-state index is 6.52. The molecule has 1 aliphatic carbocycles. The second-order valence-corrected chi connectivity index (χ2v) is 9.70. The molecule has 33 heavy (non-hydrogen) atoms. The zero-order valence-corrected chi connectivity index (χ0v) is 19.1. The molecule has 166 valence electrons. The predicted molar refractivity (Wildman–Crippen MR) is 133 cm³/mol. The van der Waals surface area contributed by atoms with Gasteiger partial charge < -0.3 is 15.5 Å². The van der Waals surface area contributed by atoms with Crippen LogP contribution >= 0.6 is 11.3 Å². The Hall–Kier alpha value is -3.29. The molecule has 1 aliphatic rings. The fourth-order valence-corrected chi connectivity index (χ4v) is 5.94. The van der Waals surface area contributed by atoms with E-state index in [2.05, 4.69) is 28.2 Å². The number of aromatic nitrogens is 4. The smallest absolute Gasteiger partial charge is 0.226 e. The van der Waals surface area contributed by atoms with Gasteiger partial charge in [-0.15, -0.1) is 11.3 Å². The SMILES string of the molecule is NC(COc1nc(-c2ccncc2)nc2sc3c(c12)CCCC3)Cc1c[nH]c2ccccc12. The number of hydrogen-bond acceptors (Lipinski definition) is 6. The lowest BCUT2D eigenvalue weighted by Crippen LogP contribution is -2.30. The van der Waals surface area contributed by atoms with Gasteiger partial charge in [0.25, 0.3) is 0 Å². The molecule has 5 aromatic rings. The van der Waals surface area contributed by atoms with Crippen LogP contribution in [0.3, 0.4) is 0 Å². The van der Waals surface area contributed by atoms with E-state index in [1.807, 2.05) is 24.4 Å². The third-order valence-electron chi connectivity index (χ3n) is 6.31. The van der Waals surface area contributed by atoms with Crippen molar-refractivity contribution in [3.63, 3.8) is 0 Å². The highest BCUT2D eigenvalue weighted by Gasteiger charge is 2.23. The van der Waals surface area contributed by atoms with Crippen molar-refractivity contribution in [2.45, 2.75) is 38.1 Å². The molecule has 0 aliphatic heterocycles. The average Bonchev–Trinajstić information content (AvgIpc) is 3.44. The monoisotopic (exact) mass is 455 g/mol. The summed E-state index contributed by atoms with van der Waals surface area (Å²) in [6.45, 7) is 0.395. The van der Waals surface area contributed by atoms with Crippen molar-refractivity contribution in [1.29, 1.82) is 0 Å². The minimum absolute atomic E-state index is 0.145. The highest BCUT2D eigenvalue weighted by molar-refractivity contribution is 7.18. The van der Waals surface area contributed by atoms with Crippen LogP contribution in [0.25, 0.3) is 32.5 Å². The topological polar surface area (TPSA) is 89.7 Å². The Labute approximate surface area is 195 Å². The van der Waals surface area contributed by atoms with Gasteiger partial charge in [-0.05, 0) is 61.4 Å². The molecular formula is C26H25N5OS. The Morgan fingerprint density at radius 3 is 2.82 bits per heavy atom. The summed E-state index contributed by atoms with van der Waals surface area (Å²) in [6.07, 6.45) is 10.9.